The number of methoxy groups -OCH3 is 1. The Balaban J connectivity index is 1.92. The summed E-state index contributed by atoms with van der Waals surface area (Å²) in [5, 5.41) is 3.38. The van der Waals surface area contributed by atoms with Gasteiger partial charge >= 0.3 is 0 Å². The van der Waals surface area contributed by atoms with E-state index in [-0.39, 0.29) is 11.9 Å². The topological polar surface area (TPSA) is 60.0 Å². The fraction of sp³-hybridized carbons (Fsp3) is 0.409. The molecule has 0 spiro atoms. The molecule has 6 heteroatoms. The normalized spacial score (nSPS) is 16.5. The Morgan fingerprint density at radius 3 is 2.57 bits per heavy atom. The second kappa shape index (κ2) is 9.46. The van der Waals surface area contributed by atoms with Crippen molar-refractivity contribution >= 4 is 5.91 Å². The number of para-hydroxylation sites is 1. The molecule has 1 heterocycles. The molecule has 1 aliphatic rings. The molecule has 2 aromatic carbocycles. The van der Waals surface area contributed by atoms with E-state index in [2.05, 4.69) is 5.32 Å². The van der Waals surface area contributed by atoms with Crippen molar-refractivity contribution in [2.75, 3.05) is 40.0 Å². The molecule has 150 valence electrons. The summed E-state index contributed by atoms with van der Waals surface area (Å²) >= 11 is 0. The molecule has 1 amide bonds. The van der Waals surface area contributed by atoms with Crippen LogP contribution in [0.25, 0.3) is 0 Å². The van der Waals surface area contributed by atoms with Crippen molar-refractivity contribution in [3.8, 4) is 17.2 Å². The molecule has 1 aliphatic heterocycles. The maximum Gasteiger partial charge on any atom is 0.254 e. The number of hydrogen-bond donors (Lipinski definition) is 1. The van der Waals surface area contributed by atoms with Gasteiger partial charge in [-0.2, -0.15) is 0 Å². The summed E-state index contributed by atoms with van der Waals surface area (Å²) in [6, 6.07) is 13.1. The first kappa shape index (κ1) is 20.0. The molecule has 0 aliphatic carbocycles. The van der Waals surface area contributed by atoms with Gasteiger partial charge in [0.1, 0.15) is 5.75 Å². The lowest BCUT2D eigenvalue weighted by Crippen LogP contribution is -2.48. The van der Waals surface area contributed by atoms with Crippen LogP contribution in [-0.2, 0) is 0 Å². The second-order valence-corrected chi connectivity index (χ2v) is 6.49. The van der Waals surface area contributed by atoms with E-state index in [9.17, 15) is 4.79 Å². The van der Waals surface area contributed by atoms with Crippen LogP contribution in [0, 0.1) is 0 Å². The Hall–Kier alpha value is -2.73. The highest BCUT2D eigenvalue weighted by molar-refractivity contribution is 5.95. The molecule has 0 radical (unpaired) electrons. The van der Waals surface area contributed by atoms with E-state index in [1.165, 1.54) is 0 Å². The first-order valence-electron chi connectivity index (χ1n) is 9.73. The van der Waals surface area contributed by atoms with Crippen LogP contribution in [0.5, 0.6) is 17.2 Å². The van der Waals surface area contributed by atoms with Crippen molar-refractivity contribution in [3.05, 3.63) is 53.6 Å². The summed E-state index contributed by atoms with van der Waals surface area (Å²) in [5.41, 5.74) is 1.59. The molecule has 0 bridgehead atoms. The highest BCUT2D eigenvalue weighted by Gasteiger charge is 2.30. The van der Waals surface area contributed by atoms with Gasteiger partial charge in [-0.1, -0.05) is 18.2 Å². The van der Waals surface area contributed by atoms with E-state index < -0.39 is 0 Å². The highest BCUT2D eigenvalue weighted by atomic mass is 16.5. The second-order valence-electron chi connectivity index (χ2n) is 6.49. The molecule has 1 unspecified atom stereocenters. The largest absolute Gasteiger partial charge is 0.496 e. The van der Waals surface area contributed by atoms with Gasteiger partial charge < -0.3 is 24.4 Å². The van der Waals surface area contributed by atoms with Gasteiger partial charge in [0.25, 0.3) is 5.91 Å². The Kier molecular flexibility index (Phi) is 6.76. The zero-order valence-corrected chi connectivity index (χ0v) is 16.7. The van der Waals surface area contributed by atoms with Gasteiger partial charge in [-0.25, -0.2) is 0 Å². The first-order chi connectivity index (χ1) is 13.7. The van der Waals surface area contributed by atoms with Crippen LogP contribution in [0.2, 0.25) is 0 Å². The number of carbonyl (C=O) groups excluding carboxylic acids is 1. The van der Waals surface area contributed by atoms with Crippen LogP contribution in [0.1, 0.15) is 35.8 Å². The van der Waals surface area contributed by atoms with E-state index in [1.807, 2.05) is 49.1 Å². The van der Waals surface area contributed by atoms with Crippen LogP contribution in [0.15, 0.2) is 42.5 Å². The lowest BCUT2D eigenvalue weighted by atomic mass is 10.0. The maximum atomic E-state index is 13.4. The number of carbonyl (C=O) groups is 1. The lowest BCUT2D eigenvalue weighted by molar-refractivity contribution is 0.0631. The van der Waals surface area contributed by atoms with Crippen LogP contribution in [0.4, 0.5) is 0 Å². The van der Waals surface area contributed by atoms with Crippen molar-refractivity contribution in [2.24, 2.45) is 0 Å². The Labute approximate surface area is 166 Å². The number of nitrogens with zero attached hydrogens (tertiary/aromatic N) is 1. The molecular formula is C22H28N2O4. The fourth-order valence-electron chi connectivity index (χ4n) is 3.52. The molecule has 3 rings (SSSR count). The summed E-state index contributed by atoms with van der Waals surface area (Å²) in [6.07, 6.45) is 0. The summed E-state index contributed by atoms with van der Waals surface area (Å²) in [5.74, 6) is 2.01. The summed E-state index contributed by atoms with van der Waals surface area (Å²) in [4.78, 5) is 15.3. The standard InChI is InChI=1S/C22H28N2O4/c1-4-27-20-11-10-16(14-21(20)28-5-2)22(25)24-13-12-23-15-18(24)17-8-6-7-9-19(17)26-3/h6-11,14,18,23H,4-5,12-13,15H2,1-3H3. The summed E-state index contributed by atoms with van der Waals surface area (Å²) < 4.78 is 16.8. The molecule has 1 N–H and O–H groups in total. The van der Waals surface area contributed by atoms with E-state index >= 15 is 0 Å². The van der Waals surface area contributed by atoms with Crippen LogP contribution in [-0.4, -0.2) is 50.8 Å². The summed E-state index contributed by atoms with van der Waals surface area (Å²) in [6.45, 7) is 6.95. The number of piperazine rings is 1. The van der Waals surface area contributed by atoms with Gasteiger partial charge in [0.2, 0.25) is 0 Å². The molecule has 1 saturated heterocycles. The Morgan fingerprint density at radius 1 is 1.07 bits per heavy atom. The average molecular weight is 384 g/mol. The number of benzene rings is 2. The Morgan fingerprint density at radius 2 is 1.82 bits per heavy atom. The van der Waals surface area contributed by atoms with Crippen molar-refractivity contribution in [1.29, 1.82) is 0 Å². The highest BCUT2D eigenvalue weighted by Crippen LogP contribution is 2.33. The zero-order chi connectivity index (χ0) is 19.9. The molecule has 28 heavy (non-hydrogen) atoms. The van der Waals surface area contributed by atoms with Crippen LogP contribution in [0.3, 0.4) is 0 Å². The van der Waals surface area contributed by atoms with E-state index in [0.29, 0.717) is 43.4 Å². The van der Waals surface area contributed by atoms with Crippen LogP contribution >= 0.6 is 0 Å². The molecule has 6 nitrogen and oxygen atoms in total. The number of amides is 1. The fourth-order valence-corrected chi connectivity index (χ4v) is 3.52. The average Bonchev–Trinajstić information content (AvgIpc) is 2.74. The van der Waals surface area contributed by atoms with Crippen LogP contribution < -0.4 is 19.5 Å². The molecule has 2 aromatic rings. The van der Waals surface area contributed by atoms with Crippen molar-refractivity contribution in [1.82, 2.24) is 10.2 Å². The number of nitrogens with one attached hydrogen (secondary N) is 1. The molecular weight excluding hydrogens is 356 g/mol. The predicted octanol–water partition coefficient (Wildman–Crippen LogP) is 3.28. The number of rotatable bonds is 7. The van der Waals surface area contributed by atoms with E-state index in [0.717, 1.165) is 17.9 Å². The van der Waals surface area contributed by atoms with Gasteiger partial charge in [-0.3, -0.25) is 4.79 Å². The predicted molar refractivity (Wildman–Crippen MR) is 108 cm³/mol. The van der Waals surface area contributed by atoms with E-state index in [4.69, 9.17) is 14.2 Å². The SMILES string of the molecule is CCOc1ccc(C(=O)N2CCNCC2c2ccccc2OC)cc1OCC. The smallest absolute Gasteiger partial charge is 0.254 e. The number of hydrogen-bond acceptors (Lipinski definition) is 5. The van der Waals surface area contributed by atoms with Crippen molar-refractivity contribution in [3.63, 3.8) is 0 Å². The maximum absolute atomic E-state index is 13.4. The van der Waals surface area contributed by atoms with Gasteiger partial charge in [0.05, 0.1) is 26.4 Å². The minimum Gasteiger partial charge on any atom is -0.496 e. The van der Waals surface area contributed by atoms with Crippen molar-refractivity contribution in [2.45, 2.75) is 19.9 Å². The minimum atomic E-state index is -0.0977. The third kappa shape index (κ3) is 4.22. The lowest BCUT2D eigenvalue weighted by Gasteiger charge is -2.37. The number of ether oxygens (including phenoxy) is 3. The Bertz CT molecular complexity index is 809. The quantitative estimate of drug-likeness (QED) is 0.794. The zero-order valence-electron chi connectivity index (χ0n) is 16.7. The van der Waals surface area contributed by atoms with Gasteiger partial charge in [0.15, 0.2) is 11.5 Å². The van der Waals surface area contributed by atoms with E-state index in [1.54, 1.807) is 19.2 Å². The molecule has 1 atom stereocenters. The monoisotopic (exact) mass is 384 g/mol. The molecule has 1 fully saturated rings. The van der Waals surface area contributed by atoms with Gasteiger partial charge in [-0.15, -0.1) is 0 Å². The summed E-state index contributed by atoms with van der Waals surface area (Å²) in [7, 11) is 1.65. The third-order valence-corrected chi connectivity index (χ3v) is 4.79. The molecule has 0 saturated carbocycles. The minimum absolute atomic E-state index is 0.0265. The van der Waals surface area contributed by atoms with Gasteiger partial charge in [-0.05, 0) is 38.1 Å². The van der Waals surface area contributed by atoms with Crippen molar-refractivity contribution < 1.29 is 19.0 Å². The molecule has 0 aromatic heterocycles. The first-order valence-corrected chi connectivity index (χ1v) is 9.73. The third-order valence-electron chi connectivity index (χ3n) is 4.79. The van der Waals surface area contributed by atoms with Gasteiger partial charge in [0, 0.05) is 30.8 Å².